The average molecular weight is 379 g/mol. The normalized spacial score (nSPS) is 18.4. The molecule has 26 heavy (non-hydrogen) atoms. The quantitative estimate of drug-likeness (QED) is 0.322. The molecule has 0 aliphatic carbocycles. The van der Waals surface area contributed by atoms with E-state index in [-0.39, 0.29) is 23.2 Å². The fourth-order valence-electron chi connectivity index (χ4n) is 3.03. The largest absolute Gasteiger partial charge is 0.497 e. The Labute approximate surface area is 159 Å². The molecule has 0 N–H and O–H groups in total. The molecule has 0 fully saturated rings. The van der Waals surface area contributed by atoms with Gasteiger partial charge in [0.05, 0.1) is 18.8 Å². The van der Waals surface area contributed by atoms with E-state index in [9.17, 15) is 4.79 Å². The zero-order chi connectivity index (χ0) is 19.5. The number of hydrogen-bond acceptors (Lipinski definition) is 4. The summed E-state index contributed by atoms with van der Waals surface area (Å²) >= 11 is 0. The van der Waals surface area contributed by atoms with E-state index in [0.717, 1.165) is 37.0 Å². The van der Waals surface area contributed by atoms with Gasteiger partial charge in [0.15, 0.2) is 14.4 Å². The first-order valence-corrected chi connectivity index (χ1v) is 12.6. The highest BCUT2D eigenvalue weighted by molar-refractivity contribution is 6.74. The number of unbranched alkanes of at least 4 members (excludes halogenated alkanes) is 2. The molecular formula is C21H34O4Si. The van der Waals surface area contributed by atoms with Gasteiger partial charge in [0.1, 0.15) is 5.75 Å². The molecule has 2 rings (SSSR count). The molecule has 1 aliphatic heterocycles. The molecule has 146 valence electrons. The van der Waals surface area contributed by atoms with Crippen molar-refractivity contribution in [2.75, 3.05) is 7.11 Å². The van der Waals surface area contributed by atoms with Crippen LogP contribution in [0, 0.1) is 0 Å². The van der Waals surface area contributed by atoms with Crippen molar-refractivity contribution in [2.45, 2.75) is 83.7 Å². The van der Waals surface area contributed by atoms with Crippen molar-refractivity contribution >= 4 is 14.3 Å². The lowest BCUT2D eigenvalue weighted by molar-refractivity contribution is -0.00792. The molecule has 0 amide bonds. The minimum Gasteiger partial charge on any atom is -0.497 e. The van der Waals surface area contributed by atoms with Gasteiger partial charge in [-0.1, -0.05) is 47.0 Å². The van der Waals surface area contributed by atoms with Crippen LogP contribution >= 0.6 is 0 Å². The Hall–Kier alpha value is -1.33. The maximum atomic E-state index is 12.4. The second kappa shape index (κ2) is 8.13. The van der Waals surface area contributed by atoms with Crippen molar-refractivity contribution in [1.82, 2.24) is 0 Å². The first-order valence-electron chi connectivity index (χ1n) is 9.67. The molecule has 1 aromatic carbocycles. The van der Waals surface area contributed by atoms with Gasteiger partial charge in [-0.2, -0.15) is 0 Å². The summed E-state index contributed by atoms with van der Waals surface area (Å²) in [4.78, 5) is 12.4. The van der Waals surface area contributed by atoms with Crippen LogP contribution in [0.15, 0.2) is 18.2 Å². The topological polar surface area (TPSA) is 44.8 Å². The van der Waals surface area contributed by atoms with Crippen molar-refractivity contribution in [1.29, 1.82) is 0 Å². The minimum atomic E-state index is -1.98. The lowest BCUT2D eigenvalue weighted by Crippen LogP contribution is -2.45. The molecule has 5 heteroatoms. The predicted octanol–water partition coefficient (Wildman–Crippen LogP) is 5.88. The number of carbonyl (C=O) groups is 1. The molecule has 0 saturated heterocycles. The average Bonchev–Trinajstić information content (AvgIpc) is 2.89. The Morgan fingerprint density at radius 2 is 1.92 bits per heavy atom. The van der Waals surface area contributed by atoms with Crippen LogP contribution in [-0.4, -0.2) is 27.5 Å². The third kappa shape index (κ3) is 4.49. The lowest BCUT2D eigenvalue weighted by atomic mass is 9.97. The molecule has 1 heterocycles. The Morgan fingerprint density at radius 3 is 2.50 bits per heavy atom. The van der Waals surface area contributed by atoms with Gasteiger partial charge in [-0.05, 0) is 42.8 Å². The van der Waals surface area contributed by atoms with Gasteiger partial charge in [-0.3, -0.25) is 0 Å². The van der Waals surface area contributed by atoms with E-state index in [1.165, 1.54) is 0 Å². The number of esters is 1. The van der Waals surface area contributed by atoms with Crippen LogP contribution in [0.4, 0.5) is 0 Å². The fraction of sp³-hybridized carbons (Fsp3) is 0.667. The van der Waals surface area contributed by atoms with Crippen molar-refractivity contribution in [3.05, 3.63) is 29.3 Å². The summed E-state index contributed by atoms with van der Waals surface area (Å²) in [6.45, 7) is 13.4. The summed E-state index contributed by atoms with van der Waals surface area (Å²) in [5.74, 6) is 0.485. The molecule has 1 aliphatic rings. The van der Waals surface area contributed by atoms with Gasteiger partial charge >= 0.3 is 5.97 Å². The Balaban J connectivity index is 2.33. The highest BCUT2D eigenvalue weighted by atomic mass is 28.4. The van der Waals surface area contributed by atoms with Crippen LogP contribution in [0.5, 0.6) is 5.75 Å². The molecular weight excluding hydrogens is 344 g/mol. The summed E-state index contributed by atoms with van der Waals surface area (Å²) in [5.41, 5.74) is 1.53. The number of benzene rings is 1. The van der Waals surface area contributed by atoms with Gasteiger partial charge in [0.25, 0.3) is 0 Å². The second-order valence-electron chi connectivity index (χ2n) is 8.69. The van der Waals surface area contributed by atoms with Gasteiger partial charge in [-0.25, -0.2) is 4.79 Å². The van der Waals surface area contributed by atoms with Gasteiger partial charge in [-0.15, -0.1) is 0 Å². The highest BCUT2D eigenvalue weighted by Crippen LogP contribution is 2.43. The van der Waals surface area contributed by atoms with Crippen LogP contribution in [0.25, 0.3) is 0 Å². The second-order valence-corrected chi connectivity index (χ2v) is 13.4. The van der Waals surface area contributed by atoms with E-state index in [1.54, 1.807) is 13.2 Å². The van der Waals surface area contributed by atoms with Crippen LogP contribution in [0.1, 0.15) is 75.4 Å². The highest BCUT2D eigenvalue weighted by Gasteiger charge is 2.44. The molecule has 1 aromatic rings. The number of methoxy groups -OCH3 is 1. The first-order chi connectivity index (χ1) is 12.1. The smallest absolute Gasteiger partial charge is 0.339 e. The molecule has 0 radical (unpaired) electrons. The molecule has 2 atom stereocenters. The maximum Gasteiger partial charge on any atom is 0.339 e. The third-order valence-corrected chi connectivity index (χ3v) is 10.2. The van der Waals surface area contributed by atoms with Crippen LogP contribution in [-0.2, 0) is 9.16 Å². The SMILES string of the molecule is CCCCC[C@@H](O[Si](C)(C)C(C)(C)C)[C@@H]1OC(=O)c2ccc(OC)cc21. The number of cyclic esters (lactones) is 1. The van der Waals surface area contributed by atoms with Gasteiger partial charge < -0.3 is 13.9 Å². The summed E-state index contributed by atoms with van der Waals surface area (Å²) < 4.78 is 17.9. The van der Waals surface area contributed by atoms with E-state index in [4.69, 9.17) is 13.9 Å². The van der Waals surface area contributed by atoms with Crippen LogP contribution in [0.3, 0.4) is 0 Å². The maximum absolute atomic E-state index is 12.4. The van der Waals surface area contributed by atoms with Crippen molar-refractivity contribution in [3.63, 3.8) is 0 Å². The van der Waals surface area contributed by atoms with Crippen molar-refractivity contribution in [2.24, 2.45) is 0 Å². The Bertz CT molecular complexity index is 633. The van der Waals surface area contributed by atoms with Gasteiger partial charge in [0, 0.05) is 5.56 Å². The fourth-order valence-corrected chi connectivity index (χ4v) is 4.38. The summed E-state index contributed by atoms with van der Waals surface area (Å²) in [5, 5.41) is 0.107. The van der Waals surface area contributed by atoms with E-state index in [1.807, 2.05) is 12.1 Å². The van der Waals surface area contributed by atoms with E-state index in [0.29, 0.717) is 5.56 Å². The summed E-state index contributed by atoms with van der Waals surface area (Å²) in [6, 6.07) is 5.53. The monoisotopic (exact) mass is 378 g/mol. The van der Waals surface area contributed by atoms with Crippen molar-refractivity contribution < 1.29 is 18.7 Å². The standard InChI is InChI=1S/C21H34O4Si/c1-8-9-10-11-18(25-26(6,7)21(2,3)4)19-17-14-15(23-5)12-13-16(17)20(22)24-19/h12-14,18-19H,8-11H2,1-7H3/t18-,19-/m1/s1. The Morgan fingerprint density at radius 1 is 1.23 bits per heavy atom. The van der Waals surface area contributed by atoms with Gasteiger partial charge in [0.2, 0.25) is 0 Å². The number of hydrogen-bond donors (Lipinski definition) is 0. The molecule has 0 aromatic heterocycles. The number of ether oxygens (including phenoxy) is 2. The van der Waals surface area contributed by atoms with Crippen LogP contribution in [0.2, 0.25) is 18.1 Å². The third-order valence-electron chi connectivity index (χ3n) is 5.70. The Kier molecular flexibility index (Phi) is 6.56. The number of fused-ring (bicyclic) bond motifs is 1. The van der Waals surface area contributed by atoms with Crippen LogP contribution < -0.4 is 4.74 Å². The van der Waals surface area contributed by atoms with Crippen molar-refractivity contribution in [3.8, 4) is 5.75 Å². The number of carbonyl (C=O) groups excluding carboxylic acids is 1. The zero-order valence-electron chi connectivity index (χ0n) is 17.3. The van der Waals surface area contributed by atoms with E-state index in [2.05, 4.69) is 40.8 Å². The first kappa shape index (κ1) is 21.0. The summed E-state index contributed by atoms with van der Waals surface area (Å²) in [6.07, 6.45) is 3.82. The molecule has 4 nitrogen and oxygen atoms in total. The molecule has 0 bridgehead atoms. The predicted molar refractivity (Wildman–Crippen MR) is 107 cm³/mol. The molecule has 0 unspecified atom stereocenters. The molecule has 0 spiro atoms. The molecule has 0 saturated carbocycles. The minimum absolute atomic E-state index is 0.107. The van der Waals surface area contributed by atoms with E-state index >= 15 is 0 Å². The number of rotatable bonds is 8. The van der Waals surface area contributed by atoms with E-state index < -0.39 is 8.32 Å². The summed E-state index contributed by atoms with van der Waals surface area (Å²) in [7, 11) is -0.345. The zero-order valence-corrected chi connectivity index (χ0v) is 18.3. The lowest BCUT2D eigenvalue weighted by Gasteiger charge is -2.40.